The maximum atomic E-state index is 11.0. The van der Waals surface area contributed by atoms with Crippen LogP contribution in [-0.2, 0) is 10.0 Å². The molecule has 1 saturated carbocycles. The molecule has 0 amide bonds. The zero-order valence-corrected chi connectivity index (χ0v) is 9.74. The van der Waals surface area contributed by atoms with Crippen LogP contribution in [-0.4, -0.2) is 14.5 Å². The first-order valence-corrected chi connectivity index (χ1v) is 6.90. The van der Waals surface area contributed by atoms with Crippen LogP contribution < -0.4 is 9.88 Å². The summed E-state index contributed by atoms with van der Waals surface area (Å²) >= 11 is 0. The van der Waals surface area contributed by atoms with Gasteiger partial charge in [0.15, 0.2) is 0 Å². The average Bonchev–Trinajstić information content (AvgIpc) is 2.70. The van der Waals surface area contributed by atoms with Gasteiger partial charge in [0.1, 0.15) is 5.75 Å². The van der Waals surface area contributed by atoms with E-state index in [1.165, 1.54) is 25.0 Å². The van der Waals surface area contributed by atoms with E-state index < -0.39 is 10.0 Å². The largest absolute Gasteiger partial charge is 0.490 e. The molecular weight excluding hydrogens is 226 g/mol. The predicted octanol–water partition coefficient (Wildman–Crippen LogP) is 1.66. The summed E-state index contributed by atoms with van der Waals surface area (Å²) in [5.74, 6) is 0.708. The van der Waals surface area contributed by atoms with E-state index >= 15 is 0 Å². The first-order valence-electron chi connectivity index (χ1n) is 5.35. The third-order valence-electron chi connectivity index (χ3n) is 2.76. The lowest BCUT2D eigenvalue weighted by molar-refractivity contribution is 0.210. The zero-order chi connectivity index (χ0) is 11.6. The van der Waals surface area contributed by atoms with Gasteiger partial charge in [0.25, 0.3) is 0 Å². The van der Waals surface area contributed by atoms with E-state index in [2.05, 4.69) is 0 Å². The van der Waals surface area contributed by atoms with Gasteiger partial charge >= 0.3 is 0 Å². The SMILES string of the molecule is NS(=O)(=O)c1ccc(OC2CCCC2)cc1. The molecule has 1 aliphatic rings. The zero-order valence-electron chi connectivity index (χ0n) is 8.93. The number of primary sulfonamides is 1. The van der Waals surface area contributed by atoms with Crippen LogP contribution in [0.25, 0.3) is 0 Å². The summed E-state index contributed by atoms with van der Waals surface area (Å²) in [7, 11) is -3.60. The molecule has 5 heteroatoms. The first-order chi connectivity index (χ1) is 7.55. The molecule has 4 nitrogen and oxygen atoms in total. The highest BCUT2D eigenvalue weighted by Gasteiger charge is 2.16. The van der Waals surface area contributed by atoms with E-state index in [0.717, 1.165) is 12.8 Å². The molecule has 88 valence electrons. The van der Waals surface area contributed by atoms with Crippen molar-refractivity contribution in [3.05, 3.63) is 24.3 Å². The number of nitrogens with two attached hydrogens (primary N) is 1. The van der Waals surface area contributed by atoms with Crippen molar-refractivity contribution in [2.24, 2.45) is 5.14 Å². The second kappa shape index (κ2) is 4.43. The molecule has 1 aliphatic carbocycles. The average molecular weight is 241 g/mol. The molecule has 0 spiro atoms. The highest BCUT2D eigenvalue weighted by Crippen LogP contribution is 2.24. The maximum Gasteiger partial charge on any atom is 0.238 e. The van der Waals surface area contributed by atoms with Crippen molar-refractivity contribution >= 4 is 10.0 Å². The fourth-order valence-corrected chi connectivity index (χ4v) is 2.42. The molecule has 2 N–H and O–H groups in total. The molecule has 1 fully saturated rings. The van der Waals surface area contributed by atoms with Gasteiger partial charge in [0, 0.05) is 0 Å². The van der Waals surface area contributed by atoms with Gasteiger partial charge in [-0.05, 0) is 49.9 Å². The molecule has 0 radical (unpaired) electrons. The monoisotopic (exact) mass is 241 g/mol. The van der Waals surface area contributed by atoms with Crippen LogP contribution in [0.2, 0.25) is 0 Å². The van der Waals surface area contributed by atoms with Crippen LogP contribution in [0, 0.1) is 0 Å². The molecule has 16 heavy (non-hydrogen) atoms. The van der Waals surface area contributed by atoms with Crippen molar-refractivity contribution in [1.29, 1.82) is 0 Å². The number of benzene rings is 1. The number of hydrogen-bond donors (Lipinski definition) is 1. The highest BCUT2D eigenvalue weighted by molar-refractivity contribution is 7.89. The Hall–Kier alpha value is -1.07. The minimum absolute atomic E-state index is 0.117. The van der Waals surface area contributed by atoms with Gasteiger partial charge in [0.05, 0.1) is 11.0 Å². The topological polar surface area (TPSA) is 69.4 Å². The lowest BCUT2D eigenvalue weighted by Crippen LogP contribution is -2.13. The minimum atomic E-state index is -3.60. The fourth-order valence-electron chi connectivity index (χ4n) is 1.91. The third-order valence-corrected chi connectivity index (χ3v) is 3.69. The summed E-state index contributed by atoms with van der Waals surface area (Å²) in [6, 6.07) is 6.25. The van der Waals surface area contributed by atoms with Crippen LogP contribution in [0.1, 0.15) is 25.7 Å². The Kier molecular flexibility index (Phi) is 3.16. The van der Waals surface area contributed by atoms with E-state index in [9.17, 15) is 8.42 Å². The van der Waals surface area contributed by atoms with E-state index in [-0.39, 0.29) is 11.0 Å². The molecule has 0 aromatic heterocycles. The number of hydrogen-bond acceptors (Lipinski definition) is 3. The lowest BCUT2D eigenvalue weighted by atomic mass is 10.3. The molecule has 0 saturated heterocycles. The van der Waals surface area contributed by atoms with Gasteiger partial charge in [-0.2, -0.15) is 0 Å². The Morgan fingerprint density at radius 1 is 1.12 bits per heavy atom. The normalized spacial score (nSPS) is 17.6. The van der Waals surface area contributed by atoms with Gasteiger partial charge in [-0.25, -0.2) is 13.6 Å². The van der Waals surface area contributed by atoms with Gasteiger partial charge < -0.3 is 4.74 Å². The van der Waals surface area contributed by atoms with E-state index in [1.54, 1.807) is 12.1 Å². The summed E-state index contributed by atoms with van der Waals surface area (Å²) in [4.78, 5) is 0.117. The molecule has 0 atom stereocenters. The quantitative estimate of drug-likeness (QED) is 0.874. The Bertz CT molecular complexity index is 447. The summed E-state index contributed by atoms with van der Waals surface area (Å²) in [6.45, 7) is 0. The van der Waals surface area contributed by atoms with Crippen molar-refractivity contribution in [2.45, 2.75) is 36.7 Å². The van der Waals surface area contributed by atoms with Crippen LogP contribution in [0.3, 0.4) is 0 Å². The minimum Gasteiger partial charge on any atom is -0.490 e. The molecule has 1 aromatic rings. The Labute approximate surface area is 95.5 Å². The molecular formula is C11H15NO3S. The number of rotatable bonds is 3. The van der Waals surface area contributed by atoms with Crippen molar-refractivity contribution in [1.82, 2.24) is 0 Å². The third kappa shape index (κ3) is 2.74. The number of ether oxygens (including phenoxy) is 1. The van der Waals surface area contributed by atoms with Crippen molar-refractivity contribution in [3.63, 3.8) is 0 Å². The van der Waals surface area contributed by atoms with Gasteiger partial charge in [-0.3, -0.25) is 0 Å². The first kappa shape index (κ1) is 11.4. The van der Waals surface area contributed by atoms with Gasteiger partial charge in [0.2, 0.25) is 10.0 Å². The lowest BCUT2D eigenvalue weighted by Gasteiger charge is -2.12. The summed E-state index contributed by atoms with van der Waals surface area (Å²) in [5, 5.41) is 5.00. The van der Waals surface area contributed by atoms with E-state index in [0.29, 0.717) is 5.75 Å². The molecule has 2 rings (SSSR count). The Balaban J connectivity index is 2.07. The second-order valence-electron chi connectivity index (χ2n) is 4.04. The van der Waals surface area contributed by atoms with Crippen molar-refractivity contribution in [2.75, 3.05) is 0 Å². The van der Waals surface area contributed by atoms with E-state index in [1.807, 2.05) is 0 Å². The molecule has 1 aromatic carbocycles. The predicted molar refractivity (Wildman–Crippen MR) is 60.7 cm³/mol. The van der Waals surface area contributed by atoms with Gasteiger partial charge in [-0.1, -0.05) is 0 Å². The van der Waals surface area contributed by atoms with Crippen molar-refractivity contribution < 1.29 is 13.2 Å². The Morgan fingerprint density at radius 2 is 1.69 bits per heavy atom. The summed E-state index contributed by atoms with van der Waals surface area (Å²) < 4.78 is 27.8. The molecule has 0 unspecified atom stereocenters. The van der Waals surface area contributed by atoms with Crippen LogP contribution in [0.4, 0.5) is 0 Å². The molecule has 0 heterocycles. The summed E-state index contributed by atoms with van der Waals surface area (Å²) in [5.41, 5.74) is 0. The van der Waals surface area contributed by atoms with Gasteiger partial charge in [-0.15, -0.1) is 0 Å². The van der Waals surface area contributed by atoms with Crippen LogP contribution in [0.15, 0.2) is 29.2 Å². The fraction of sp³-hybridized carbons (Fsp3) is 0.455. The smallest absolute Gasteiger partial charge is 0.238 e. The molecule has 0 aliphatic heterocycles. The molecule has 0 bridgehead atoms. The summed E-state index contributed by atoms with van der Waals surface area (Å²) in [6.07, 6.45) is 4.86. The van der Waals surface area contributed by atoms with Crippen LogP contribution in [0.5, 0.6) is 5.75 Å². The second-order valence-corrected chi connectivity index (χ2v) is 5.60. The van der Waals surface area contributed by atoms with E-state index in [4.69, 9.17) is 9.88 Å². The Morgan fingerprint density at radius 3 is 2.19 bits per heavy atom. The van der Waals surface area contributed by atoms with Crippen molar-refractivity contribution in [3.8, 4) is 5.75 Å². The highest BCUT2D eigenvalue weighted by atomic mass is 32.2. The maximum absolute atomic E-state index is 11.0. The van der Waals surface area contributed by atoms with Crippen LogP contribution >= 0.6 is 0 Å². The standard InChI is InChI=1S/C11H15NO3S/c12-16(13,14)11-7-5-10(6-8-11)15-9-3-1-2-4-9/h5-9H,1-4H2,(H2,12,13,14). The number of sulfonamides is 1.